The van der Waals surface area contributed by atoms with Gasteiger partial charge in [0.2, 0.25) is 11.8 Å². The van der Waals surface area contributed by atoms with E-state index in [1.165, 1.54) is 6.92 Å². The molecule has 0 saturated heterocycles. The Morgan fingerprint density at radius 1 is 1.11 bits per heavy atom. The van der Waals surface area contributed by atoms with Crippen molar-refractivity contribution in [1.29, 1.82) is 0 Å². The Morgan fingerprint density at radius 2 is 1.85 bits per heavy atom. The van der Waals surface area contributed by atoms with Gasteiger partial charge in [0, 0.05) is 37.1 Å². The third kappa shape index (κ3) is 4.28. The van der Waals surface area contributed by atoms with Crippen molar-refractivity contribution in [1.82, 2.24) is 10.3 Å². The highest BCUT2D eigenvalue weighted by atomic mass is 16.5. The van der Waals surface area contributed by atoms with Gasteiger partial charge in [-0.05, 0) is 23.8 Å². The Morgan fingerprint density at radius 3 is 2.63 bits per heavy atom. The van der Waals surface area contributed by atoms with E-state index in [0.717, 1.165) is 16.5 Å². The largest absolute Gasteiger partial charge is 0.495 e. The van der Waals surface area contributed by atoms with Crippen LogP contribution in [0.25, 0.3) is 10.9 Å². The molecule has 0 spiro atoms. The van der Waals surface area contributed by atoms with Gasteiger partial charge in [0.05, 0.1) is 19.2 Å². The number of para-hydroxylation sites is 3. The Hall–Kier alpha value is -3.28. The number of H-pyrrole nitrogens is 1. The van der Waals surface area contributed by atoms with Crippen molar-refractivity contribution in [2.75, 3.05) is 25.1 Å². The second-order valence-corrected chi connectivity index (χ2v) is 6.23. The van der Waals surface area contributed by atoms with Gasteiger partial charge in [-0.25, -0.2) is 0 Å². The monoisotopic (exact) mass is 365 g/mol. The van der Waals surface area contributed by atoms with Gasteiger partial charge in [0.25, 0.3) is 0 Å². The van der Waals surface area contributed by atoms with Gasteiger partial charge < -0.3 is 19.9 Å². The van der Waals surface area contributed by atoms with Crippen LogP contribution in [-0.4, -0.2) is 37.0 Å². The van der Waals surface area contributed by atoms with Gasteiger partial charge in [0.1, 0.15) is 5.75 Å². The lowest BCUT2D eigenvalue weighted by Crippen LogP contribution is -2.38. The summed E-state index contributed by atoms with van der Waals surface area (Å²) in [6, 6.07) is 15.2. The van der Waals surface area contributed by atoms with Crippen LogP contribution in [-0.2, 0) is 16.0 Å². The minimum absolute atomic E-state index is 0.0803. The van der Waals surface area contributed by atoms with E-state index in [1.807, 2.05) is 48.7 Å². The summed E-state index contributed by atoms with van der Waals surface area (Å²) in [5.41, 5.74) is 2.66. The van der Waals surface area contributed by atoms with E-state index in [4.69, 9.17) is 4.74 Å². The second kappa shape index (κ2) is 8.40. The van der Waals surface area contributed by atoms with Gasteiger partial charge in [-0.2, -0.15) is 0 Å². The summed E-state index contributed by atoms with van der Waals surface area (Å²) in [5.74, 6) is 0.437. The van der Waals surface area contributed by atoms with Crippen molar-refractivity contribution in [3.8, 4) is 5.75 Å². The molecule has 0 bridgehead atoms. The van der Waals surface area contributed by atoms with Crippen LogP contribution in [0, 0.1) is 0 Å². The summed E-state index contributed by atoms with van der Waals surface area (Å²) in [5, 5.41) is 3.94. The highest BCUT2D eigenvalue weighted by molar-refractivity contribution is 5.93. The first-order valence-electron chi connectivity index (χ1n) is 8.83. The minimum Gasteiger partial charge on any atom is -0.495 e. The molecule has 1 heterocycles. The minimum atomic E-state index is -0.106. The fraction of sp³-hybridized carbons (Fsp3) is 0.238. The number of carbonyl (C=O) groups is 2. The standard InChI is InChI=1S/C21H23N3O3/c1-15(25)24(19-9-5-6-10-20(19)27-2)12-11-22-21(26)13-16-14-23-18-8-4-3-7-17(16)18/h3-10,14,23H,11-13H2,1-2H3,(H,22,26). The number of ether oxygens (including phenoxy) is 1. The number of benzene rings is 2. The molecule has 6 nitrogen and oxygen atoms in total. The molecule has 0 aliphatic rings. The summed E-state index contributed by atoms with van der Waals surface area (Å²) < 4.78 is 5.33. The Balaban J connectivity index is 1.60. The van der Waals surface area contributed by atoms with E-state index in [-0.39, 0.29) is 11.8 Å². The van der Waals surface area contributed by atoms with Crippen molar-refractivity contribution >= 4 is 28.4 Å². The molecule has 0 fully saturated rings. The zero-order valence-electron chi connectivity index (χ0n) is 15.5. The number of hydrogen-bond acceptors (Lipinski definition) is 3. The van der Waals surface area contributed by atoms with Crippen molar-refractivity contribution in [3.05, 3.63) is 60.3 Å². The number of nitrogens with zero attached hydrogens (tertiary/aromatic N) is 1. The number of nitrogens with one attached hydrogen (secondary N) is 2. The second-order valence-electron chi connectivity index (χ2n) is 6.23. The topological polar surface area (TPSA) is 74.4 Å². The Bertz CT molecular complexity index is 949. The molecular weight excluding hydrogens is 342 g/mol. The lowest BCUT2D eigenvalue weighted by atomic mass is 10.1. The molecule has 140 valence electrons. The summed E-state index contributed by atoms with van der Waals surface area (Å²) >= 11 is 0. The lowest BCUT2D eigenvalue weighted by Gasteiger charge is -2.23. The summed E-state index contributed by atoms with van der Waals surface area (Å²) in [4.78, 5) is 29.1. The fourth-order valence-electron chi connectivity index (χ4n) is 3.12. The van der Waals surface area contributed by atoms with Crippen molar-refractivity contribution in [3.63, 3.8) is 0 Å². The molecule has 2 aromatic carbocycles. The van der Waals surface area contributed by atoms with Gasteiger partial charge >= 0.3 is 0 Å². The van der Waals surface area contributed by atoms with Crippen LogP contribution in [0.15, 0.2) is 54.7 Å². The van der Waals surface area contributed by atoms with Crippen LogP contribution < -0.4 is 15.0 Å². The van der Waals surface area contributed by atoms with E-state index in [1.54, 1.807) is 18.1 Å². The van der Waals surface area contributed by atoms with E-state index in [2.05, 4.69) is 10.3 Å². The Labute approximate surface area is 158 Å². The first kappa shape index (κ1) is 18.5. The van der Waals surface area contributed by atoms with Crippen molar-refractivity contribution < 1.29 is 14.3 Å². The fourth-order valence-corrected chi connectivity index (χ4v) is 3.12. The van der Waals surface area contributed by atoms with Gasteiger partial charge in [-0.1, -0.05) is 30.3 Å². The number of methoxy groups -OCH3 is 1. The normalized spacial score (nSPS) is 10.6. The summed E-state index contributed by atoms with van der Waals surface area (Å²) in [6.07, 6.45) is 2.15. The molecule has 2 amide bonds. The van der Waals surface area contributed by atoms with Crippen LogP contribution in [0.3, 0.4) is 0 Å². The molecule has 1 aromatic heterocycles. The Kier molecular flexibility index (Phi) is 5.76. The molecule has 0 atom stereocenters. The lowest BCUT2D eigenvalue weighted by molar-refractivity contribution is -0.121. The van der Waals surface area contributed by atoms with Crippen molar-refractivity contribution in [2.24, 2.45) is 0 Å². The van der Waals surface area contributed by atoms with Gasteiger partial charge in [-0.3, -0.25) is 9.59 Å². The van der Waals surface area contributed by atoms with Crippen LogP contribution in [0.4, 0.5) is 5.69 Å². The molecule has 3 rings (SSSR count). The van der Waals surface area contributed by atoms with E-state index < -0.39 is 0 Å². The smallest absolute Gasteiger partial charge is 0.224 e. The molecular formula is C21H23N3O3. The maximum Gasteiger partial charge on any atom is 0.224 e. The quantitative estimate of drug-likeness (QED) is 0.676. The number of aromatic amines is 1. The zero-order chi connectivity index (χ0) is 19.2. The summed E-state index contributed by atoms with van der Waals surface area (Å²) in [7, 11) is 1.57. The number of aromatic nitrogens is 1. The van der Waals surface area contributed by atoms with Gasteiger partial charge in [0.15, 0.2) is 0 Å². The molecule has 0 unspecified atom stereocenters. The highest BCUT2D eigenvalue weighted by Crippen LogP contribution is 2.27. The summed E-state index contributed by atoms with van der Waals surface area (Å²) in [6.45, 7) is 2.23. The maximum absolute atomic E-state index is 12.3. The molecule has 27 heavy (non-hydrogen) atoms. The van der Waals surface area contributed by atoms with Gasteiger partial charge in [-0.15, -0.1) is 0 Å². The van der Waals surface area contributed by atoms with E-state index in [9.17, 15) is 9.59 Å². The number of fused-ring (bicyclic) bond motifs is 1. The molecule has 0 saturated carbocycles. The number of amides is 2. The predicted molar refractivity (Wildman–Crippen MR) is 106 cm³/mol. The first-order chi connectivity index (χ1) is 13.1. The maximum atomic E-state index is 12.3. The number of carbonyl (C=O) groups excluding carboxylic acids is 2. The predicted octanol–water partition coefficient (Wildman–Crippen LogP) is 2.89. The molecule has 0 aliphatic carbocycles. The highest BCUT2D eigenvalue weighted by Gasteiger charge is 2.16. The first-order valence-corrected chi connectivity index (χ1v) is 8.83. The molecule has 6 heteroatoms. The van der Waals surface area contributed by atoms with Crippen LogP contribution in [0.5, 0.6) is 5.75 Å². The van der Waals surface area contributed by atoms with E-state index in [0.29, 0.717) is 30.9 Å². The average molecular weight is 365 g/mol. The third-order valence-corrected chi connectivity index (χ3v) is 4.44. The number of rotatable bonds is 7. The number of hydrogen-bond donors (Lipinski definition) is 2. The SMILES string of the molecule is COc1ccccc1N(CCNC(=O)Cc1c[nH]c2ccccc12)C(C)=O. The molecule has 3 aromatic rings. The van der Waals surface area contributed by atoms with Crippen LogP contribution in [0.2, 0.25) is 0 Å². The number of anilines is 1. The average Bonchev–Trinajstić information content (AvgIpc) is 3.08. The van der Waals surface area contributed by atoms with Crippen molar-refractivity contribution in [2.45, 2.75) is 13.3 Å². The van der Waals surface area contributed by atoms with E-state index >= 15 is 0 Å². The zero-order valence-corrected chi connectivity index (χ0v) is 15.5. The molecule has 0 radical (unpaired) electrons. The van der Waals surface area contributed by atoms with Crippen LogP contribution in [0.1, 0.15) is 12.5 Å². The molecule has 2 N–H and O–H groups in total. The van der Waals surface area contributed by atoms with Crippen LogP contribution >= 0.6 is 0 Å². The third-order valence-electron chi connectivity index (χ3n) is 4.44. The molecule has 0 aliphatic heterocycles.